The van der Waals surface area contributed by atoms with E-state index in [1.807, 2.05) is 19.1 Å². The van der Waals surface area contributed by atoms with Gasteiger partial charge in [0.25, 0.3) is 5.56 Å². The fourth-order valence-electron chi connectivity index (χ4n) is 1.78. The maximum atomic E-state index is 11.6. The number of nitrogens with zero attached hydrogens (tertiary/aromatic N) is 1. The average Bonchev–Trinajstić information content (AvgIpc) is 2.26. The van der Waals surface area contributed by atoms with Crippen molar-refractivity contribution < 1.29 is 4.79 Å². The van der Waals surface area contributed by atoms with Gasteiger partial charge < -0.3 is 9.88 Å². The van der Waals surface area contributed by atoms with Gasteiger partial charge in [-0.15, -0.1) is 0 Å². The first-order valence-electron chi connectivity index (χ1n) is 4.94. The fraction of sp³-hybridized carbons (Fsp3) is 0.167. The summed E-state index contributed by atoms with van der Waals surface area (Å²) in [5.74, 6) is 0. The first kappa shape index (κ1) is 10.4. The van der Waals surface area contributed by atoms with Gasteiger partial charge in [0.1, 0.15) is 0 Å². The van der Waals surface area contributed by atoms with Crippen molar-refractivity contribution in [3.63, 3.8) is 0 Å². The average molecular weight is 216 g/mol. The van der Waals surface area contributed by atoms with E-state index in [2.05, 4.69) is 5.32 Å². The Kier molecular flexibility index (Phi) is 2.48. The van der Waals surface area contributed by atoms with Crippen molar-refractivity contribution in [1.82, 2.24) is 4.57 Å². The second-order valence-corrected chi connectivity index (χ2v) is 3.72. The minimum Gasteiger partial charge on any atom is -0.329 e. The monoisotopic (exact) mass is 216 g/mol. The first-order chi connectivity index (χ1) is 7.63. The van der Waals surface area contributed by atoms with E-state index in [9.17, 15) is 9.59 Å². The van der Waals surface area contributed by atoms with Gasteiger partial charge in [0, 0.05) is 24.2 Å². The van der Waals surface area contributed by atoms with Crippen LogP contribution in [0.25, 0.3) is 10.9 Å². The molecule has 2 aromatic rings. The lowest BCUT2D eigenvalue weighted by molar-refractivity contribution is -0.105. The molecular weight excluding hydrogens is 204 g/mol. The summed E-state index contributed by atoms with van der Waals surface area (Å²) in [5.41, 5.74) is 2.39. The highest BCUT2D eigenvalue weighted by atomic mass is 16.1. The van der Waals surface area contributed by atoms with E-state index in [0.29, 0.717) is 12.1 Å². The minimum absolute atomic E-state index is 0.0479. The van der Waals surface area contributed by atoms with Crippen LogP contribution in [-0.2, 0) is 11.8 Å². The van der Waals surface area contributed by atoms with Crippen LogP contribution < -0.4 is 10.9 Å². The smallest absolute Gasteiger partial charge is 0.251 e. The Morgan fingerprint density at radius 1 is 1.31 bits per heavy atom. The van der Waals surface area contributed by atoms with Crippen LogP contribution in [0.4, 0.5) is 5.69 Å². The molecule has 1 aromatic heterocycles. The number of pyridine rings is 1. The SMILES string of the molecule is Cc1cc(=O)n(C)c2cc(NC=O)ccc12. The van der Waals surface area contributed by atoms with Crippen LogP contribution in [0.2, 0.25) is 0 Å². The Bertz CT molecular complexity index is 614. The molecule has 0 unspecified atom stereocenters. The molecule has 0 fully saturated rings. The van der Waals surface area contributed by atoms with Crippen molar-refractivity contribution in [2.24, 2.45) is 7.05 Å². The molecule has 1 N–H and O–H groups in total. The molecule has 4 nitrogen and oxygen atoms in total. The van der Waals surface area contributed by atoms with E-state index in [1.54, 1.807) is 23.7 Å². The number of anilines is 1. The fourth-order valence-corrected chi connectivity index (χ4v) is 1.78. The van der Waals surface area contributed by atoms with Gasteiger partial charge in [-0.1, -0.05) is 6.07 Å². The number of carbonyl (C=O) groups excluding carboxylic acids is 1. The van der Waals surface area contributed by atoms with Gasteiger partial charge in [-0.3, -0.25) is 9.59 Å². The molecule has 1 amide bonds. The molecule has 1 heterocycles. The summed E-state index contributed by atoms with van der Waals surface area (Å²) in [6.07, 6.45) is 0.620. The number of nitrogens with one attached hydrogen (secondary N) is 1. The van der Waals surface area contributed by atoms with Crippen molar-refractivity contribution in [3.05, 3.63) is 40.2 Å². The molecule has 2 rings (SSSR count). The van der Waals surface area contributed by atoms with Crippen molar-refractivity contribution in [2.45, 2.75) is 6.92 Å². The molecule has 0 spiro atoms. The number of carbonyl (C=O) groups is 1. The van der Waals surface area contributed by atoms with Crippen LogP contribution in [0.3, 0.4) is 0 Å². The third-order valence-electron chi connectivity index (χ3n) is 2.68. The van der Waals surface area contributed by atoms with Gasteiger partial charge in [0.2, 0.25) is 6.41 Å². The number of hydrogen-bond acceptors (Lipinski definition) is 2. The third kappa shape index (κ3) is 1.58. The lowest BCUT2D eigenvalue weighted by Crippen LogP contribution is -2.16. The zero-order chi connectivity index (χ0) is 11.7. The molecule has 0 aliphatic heterocycles. The minimum atomic E-state index is -0.0479. The van der Waals surface area contributed by atoms with Crippen LogP contribution in [0.1, 0.15) is 5.56 Å². The normalized spacial score (nSPS) is 10.4. The van der Waals surface area contributed by atoms with E-state index < -0.39 is 0 Å². The van der Waals surface area contributed by atoms with E-state index in [1.165, 1.54) is 0 Å². The molecule has 0 aliphatic rings. The number of hydrogen-bond donors (Lipinski definition) is 1. The highest BCUT2D eigenvalue weighted by Crippen LogP contribution is 2.19. The Morgan fingerprint density at radius 3 is 2.75 bits per heavy atom. The largest absolute Gasteiger partial charge is 0.329 e. The highest BCUT2D eigenvalue weighted by molar-refractivity contribution is 5.87. The maximum Gasteiger partial charge on any atom is 0.251 e. The van der Waals surface area contributed by atoms with Gasteiger partial charge in [-0.2, -0.15) is 0 Å². The maximum absolute atomic E-state index is 11.6. The molecule has 0 bridgehead atoms. The molecule has 0 radical (unpaired) electrons. The van der Waals surface area contributed by atoms with Crippen LogP contribution in [-0.4, -0.2) is 11.0 Å². The summed E-state index contributed by atoms with van der Waals surface area (Å²) in [5, 5.41) is 3.58. The van der Waals surface area contributed by atoms with Crippen molar-refractivity contribution in [1.29, 1.82) is 0 Å². The van der Waals surface area contributed by atoms with Gasteiger partial charge in [0.05, 0.1) is 5.52 Å². The Hall–Kier alpha value is -2.10. The second kappa shape index (κ2) is 3.81. The number of benzene rings is 1. The molecule has 0 saturated carbocycles. The molecule has 1 aromatic carbocycles. The summed E-state index contributed by atoms with van der Waals surface area (Å²) in [6, 6.07) is 7.11. The summed E-state index contributed by atoms with van der Waals surface area (Å²) in [4.78, 5) is 21.9. The topological polar surface area (TPSA) is 51.1 Å². The zero-order valence-electron chi connectivity index (χ0n) is 9.15. The number of fused-ring (bicyclic) bond motifs is 1. The van der Waals surface area contributed by atoms with Crippen molar-refractivity contribution in [2.75, 3.05) is 5.32 Å². The summed E-state index contributed by atoms with van der Waals surface area (Å²) < 4.78 is 1.57. The summed E-state index contributed by atoms with van der Waals surface area (Å²) in [7, 11) is 1.72. The van der Waals surface area contributed by atoms with Crippen molar-refractivity contribution >= 4 is 23.0 Å². The van der Waals surface area contributed by atoms with Crippen LogP contribution >= 0.6 is 0 Å². The third-order valence-corrected chi connectivity index (χ3v) is 2.68. The lowest BCUT2D eigenvalue weighted by atomic mass is 10.1. The Morgan fingerprint density at radius 2 is 2.06 bits per heavy atom. The predicted octanol–water partition coefficient (Wildman–Crippen LogP) is 1.42. The molecular formula is C12H12N2O2. The highest BCUT2D eigenvalue weighted by Gasteiger charge is 2.04. The van der Waals surface area contributed by atoms with Crippen LogP contribution in [0.5, 0.6) is 0 Å². The zero-order valence-corrected chi connectivity index (χ0v) is 9.15. The number of aryl methyl sites for hydroxylation is 2. The van der Waals surface area contributed by atoms with E-state index in [-0.39, 0.29) is 5.56 Å². The van der Waals surface area contributed by atoms with Gasteiger partial charge in [0.15, 0.2) is 0 Å². The number of rotatable bonds is 2. The summed E-state index contributed by atoms with van der Waals surface area (Å²) in [6.45, 7) is 1.90. The Balaban J connectivity index is 2.80. The van der Waals surface area contributed by atoms with Crippen LogP contribution in [0, 0.1) is 6.92 Å². The van der Waals surface area contributed by atoms with E-state index in [0.717, 1.165) is 16.5 Å². The number of aromatic nitrogens is 1. The standard InChI is InChI=1S/C12H12N2O2/c1-8-5-12(16)14(2)11-6-9(13-7-15)3-4-10(8)11/h3-7H,1-2H3,(H,13,15). The molecule has 16 heavy (non-hydrogen) atoms. The quantitative estimate of drug-likeness (QED) is 0.772. The first-order valence-corrected chi connectivity index (χ1v) is 4.94. The van der Waals surface area contributed by atoms with E-state index in [4.69, 9.17) is 0 Å². The van der Waals surface area contributed by atoms with Gasteiger partial charge in [-0.05, 0) is 24.6 Å². The predicted molar refractivity (Wildman–Crippen MR) is 63.6 cm³/mol. The number of amides is 1. The van der Waals surface area contributed by atoms with Crippen molar-refractivity contribution in [3.8, 4) is 0 Å². The van der Waals surface area contributed by atoms with Gasteiger partial charge in [-0.25, -0.2) is 0 Å². The molecule has 82 valence electrons. The van der Waals surface area contributed by atoms with Gasteiger partial charge >= 0.3 is 0 Å². The molecule has 0 aliphatic carbocycles. The molecule has 0 saturated heterocycles. The van der Waals surface area contributed by atoms with E-state index >= 15 is 0 Å². The molecule has 0 atom stereocenters. The Labute approximate surface area is 92.5 Å². The second-order valence-electron chi connectivity index (χ2n) is 3.72. The van der Waals surface area contributed by atoms with Crippen LogP contribution in [0.15, 0.2) is 29.1 Å². The lowest BCUT2D eigenvalue weighted by Gasteiger charge is -2.08. The molecule has 4 heteroatoms. The summed E-state index contributed by atoms with van der Waals surface area (Å²) >= 11 is 0.